The molecule has 1 aliphatic rings. The van der Waals surface area contributed by atoms with Crippen LogP contribution < -0.4 is 20.3 Å². The van der Waals surface area contributed by atoms with E-state index in [9.17, 15) is 4.79 Å². The zero-order valence-corrected chi connectivity index (χ0v) is 15.7. The maximum Gasteiger partial charge on any atom is 0.275 e. The summed E-state index contributed by atoms with van der Waals surface area (Å²) >= 11 is 7.66. The number of aryl methyl sites for hydroxylation is 1. The highest BCUT2D eigenvalue weighted by Gasteiger charge is 2.16. The summed E-state index contributed by atoms with van der Waals surface area (Å²) < 4.78 is 12.7. The maximum atomic E-state index is 12.1. The Labute approximate surface area is 158 Å². The van der Waals surface area contributed by atoms with Crippen molar-refractivity contribution in [2.45, 2.75) is 26.3 Å². The minimum absolute atomic E-state index is 0.172. The van der Waals surface area contributed by atoms with Crippen molar-refractivity contribution < 1.29 is 9.47 Å². The van der Waals surface area contributed by atoms with Gasteiger partial charge in [-0.25, -0.2) is 4.98 Å². The molecule has 0 saturated heterocycles. The molecule has 0 bridgehead atoms. The largest absolute Gasteiger partial charge is 0.489 e. The molecule has 0 fully saturated rings. The van der Waals surface area contributed by atoms with Crippen molar-refractivity contribution in [1.82, 2.24) is 14.6 Å². The standard InChI is InChI=1S/C17H17ClN4O3S/c1-2-11-8-14(23)22-17(20-11)26-16(21-22)19-9-10-6-12(18)15-13(7-10)24-4-3-5-25-15/h6-8H,2-5,9H2,1H3,(H,19,21). The Bertz CT molecular complexity index is 1020. The number of anilines is 1. The molecule has 0 atom stereocenters. The summed E-state index contributed by atoms with van der Waals surface area (Å²) in [4.78, 5) is 17.1. The molecule has 0 amide bonds. The van der Waals surface area contributed by atoms with Gasteiger partial charge in [0.2, 0.25) is 10.1 Å². The minimum Gasteiger partial charge on any atom is -0.489 e. The second-order valence-corrected chi connectivity index (χ2v) is 7.21. The van der Waals surface area contributed by atoms with E-state index >= 15 is 0 Å². The van der Waals surface area contributed by atoms with E-state index in [1.807, 2.05) is 19.1 Å². The van der Waals surface area contributed by atoms with E-state index in [1.54, 1.807) is 0 Å². The normalized spacial score (nSPS) is 13.6. The van der Waals surface area contributed by atoms with Gasteiger partial charge in [0.05, 0.1) is 18.2 Å². The van der Waals surface area contributed by atoms with Gasteiger partial charge in [0.1, 0.15) is 0 Å². The Morgan fingerprint density at radius 3 is 3.00 bits per heavy atom. The highest BCUT2D eigenvalue weighted by Crippen LogP contribution is 2.38. The van der Waals surface area contributed by atoms with Crippen LogP contribution in [-0.2, 0) is 13.0 Å². The number of benzene rings is 1. The lowest BCUT2D eigenvalue weighted by atomic mass is 10.2. The van der Waals surface area contributed by atoms with E-state index in [0.717, 1.165) is 17.7 Å². The van der Waals surface area contributed by atoms with Crippen LogP contribution in [0.2, 0.25) is 5.02 Å². The molecule has 0 saturated carbocycles. The molecule has 0 spiro atoms. The molecule has 4 rings (SSSR count). The molecule has 7 nitrogen and oxygen atoms in total. The summed E-state index contributed by atoms with van der Waals surface area (Å²) in [6.07, 6.45) is 1.54. The SMILES string of the molecule is CCc1cc(=O)n2nc(NCc3cc(Cl)c4c(c3)OCCCO4)sc2n1. The molecule has 1 aromatic carbocycles. The van der Waals surface area contributed by atoms with E-state index in [2.05, 4.69) is 15.4 Å². The second kappa shape index (κ2) is 7.13. The van der Waals surface area contributed by atoms with Gasteiger partial charge in [0.15, 0.2) is 11.5 Å². The van der Waals surface area contributed by atoms with Crippen molar-refractivity contribution in [2.75, 3.05) is 18.5 Å². The molecule has 2 aromatic heterocycles. The van der Waals surface area contributed by atoms with Gasteiger partial charge in [0.25, 0.3) is 5.56 Å². The summed E-state index contributed by atoms with van der Waals surface area (Å²) in [6.45, 7) is 3.65. The van der Waals surface area contributed by atoms with Crippen LogP contribution in [0.4, 0.5) is 5.13 Å². The average molecular weight is 393 g/mol. The number of hydrogen-bond acceptors (Lipinski definition) is 7. The molecule has 136 valence electrons. The summed E-state index contributed by atoms with van der Waals surface area (Å²) in [5.41, 5.74) is 1.53. The molecule has 9 heteroatoms. The van der Waals surface area contributed by atoms with Gasteiger partial charge in [0, 0.05) is 24.7 Å². The van der Waals surface area contributed by atoms with Crippen LogP contribution in [0, 0.1) is 0 Å². The van der Waals surface area contributed by atoms with E-state index < -0.39 is 0 Å². The Balaban J connectivity index is 1.56. The Hall–Kier alpha value is -2.32. The van der Waals surface area contributed by atoms with E-state index in [1.165, 1.54) is 21.9 Å². The molecule has 3 aromatic rings. The first-order chi connectivity index (χ1) is 12.6. The van der Waals surface area contributed by atoms with Gasteiger partial charge in [-0.05, 0) is 24.1 Å². The highest BCUT2D eigenvalue weighted by molar-refractivity contribution is 7.20. The van der Waals surface area contributed by atoms with Crippen molar-refractivity contribution in [1.29, 1.82) is 0 Å². The number of aromatic nitrogens is 3. The van der Waals surface area contributed by atoms with Crippen LogP contribution in [-0.4, -0.2) is 27.8 Å². The van der Waals surface area contributed by atoms with Crippen molar-refractivity contribution in [3.8, 4) is 11.5 Å². The summed E-state index contributed by atoms with van der Waals surface area (Å²) in [6, 6.07) is 5.27. The lowest BCUT2D eigenvalue weighted by Crippen LogP contribution is -2.15. The van der Waals surface area contributed by atoms with Gasteiger partial charge in [-0.3, -0.25) is 4.79 Å². The minimum atomic E-state index is -0.172. The molecule has 0 unspecified atom stereocenters. The van der Waals surface area contributed by atoms with Crippen LogP contribution in [0.3, 0.4) is 0 Å². The quantitative estimate of drug-likeness (QED) is 0.735. The zero-order chi connectivity index (χ0) is 18.1. The fourth-order valence-electron chi connectivity index (χ4n) is 2.67. The van der Waals surface area contributed by atoms with Gasteiger partial charge < -0.3 is 14.8 Å². The maximum absolute atomic E-state index is 12.1. The molecule has 0 radical (unpaired) electrons. The van der Waals surface area contributed by atoms with Crippen molar-refractivity contribution in [2.24, 2.45) is 0 Å². The summed E-state index contributed by atoms with van der Waals surface area (Å²) in [5.74, 6) is 1.25. The first kappa shape index (κ1) is 17.1. The number of halogens is 1. The van der Waals surface area contributed by atoms with Crippen LogP contribution >= 0.6 is 22.9 Å². The van der Waals surface area contributed by atoms with Gasteiger partial charge >= 0.3 is 0 Å². The predicted octanol–water partition coefficient (Wildman–Crippen LogP) is 3.14. The molecule has 1 N–H and O–H groups in total. The summed E-state index contributed by atoms with van der Waals surface area (Å²) in [7, 11) is 0. The van der Waals surface area contributed by atoms with Gasteiger partial charge in [-0.15, -0.1) is 5.10 Å². The Morgan fingerprint density at radius 1 is 1.31 bits per heavy atom. The molecule has 1 aliphatic heterocycles. The van der Waals surface area contributed by atoms with Crippen molar-refractivity contribution in [3.05, 3.63) is 44.8 Å². The van der Waals surface area contributed by atoms with Gasteiger partial charge in [-0.1, -0.05) is 29.9 Å². The topological polar surface area (TPSA) is 77.8 Å². The van der Waals surface area contributed by atoms with Crippen molar-refractivity contribution >= 4 is 33.0 Å². The lowest BCUT2D eigenvalue weighted by Gasteiger charge is -2.11. The number of nitrogens with zero attached hydrogens (tertiary/aromatic N) is 3. The number of hydrogen-bond donors (Lipinski definition) is 1. The molecule has 26 heavy (non-hydrogen) atoms. The number of ether oxygens (including phenoxy) is 2. The first-order valence-corrected chi connectivity index (χ1v) is 9.55. The van der Waals surface area contributed by atoms with Gasteiger partial charge in [-0.2, -0.15) is 4.52 Å². The van der Waals surface area contributed by atoms with E-state index in [0.29, 0.717) is 52.8 Å². The lowest BCUT2D eigenvalue weighted by molar-refractivity contribution is 0.297. The number of fused-ring (bicyclic) bond motifs is 2. The third-order valence-corrected chi connectivity index (χ3v) is 5.11. The monoisotopic (exact) mass is 392 g/mol. The second-order valence-electron chi connectivity index (χ2n) is 5.85. The van der Waals surface area contributed by atoms with Crippen LogP contribution in [0.15, 0.2) is 23.0 Å². The molecule has 0 aliphatic carbocycles. The smallest absolute Gasteiger partial charge is 0.275 e. The summed E-state index contributed by atoms with van der Waals surface area (Å²) in [5, 5.41) is 8.65. The fraction of sp³-hybridized carbons (Fsp3) is 0.353. The number of rotatable bonds is 4. The van der Waals surface area contributed by atoms with Crippen molar-refractivity contribution in [3.63, 3.8) is 0 Å². The van der Waals surface area contributed by atoms with Crippen LogP contribution in [0.5, 0.6) is 11.5 Å². The first-order valence-electron chi connectivity index (χ1n) is 8.35. The van der Waals surface area contributed by atoms with E-state index in [4.69, 9.17) is 21.1 Å². The van der Waals surface area contributed by atoms with Crippen LogP contribution in [0.1, 0.15) is 24.6 Å². The fourth-order valence-corrected chi connectivity index (χ4v) is 3.78. The Morgan fingerprint density at radius 2 is 2.15 bits per heavy atom. The zero-order valence-electron chi connectivity index (χ0n) is 14.1. The molecule has 3 heterocycles. The molecular weight excluding hydrogens is 376 g/mol. The average Bonchev–Trinajstić information content (AvgIpc) is 2.89. The highest BCUT2D eigenvalue weighted by atomic mass is 35.5. The number of nitrogens with one attached hydrogen (secondary N) is 1. The van der Waals surface area contributed by atoms with E-state index in [-0.39, 0.29) is 5.56 Å². The van der Waals surface area contributed by atoms with Crippen LogP contribution in [0.25, 0.3) is 4.96 Å². The Kier molecular flexibility index (Phi) is 4.69. The third-order valence-electron chi connectivity index (χ3n) is 3.97. The third kappa shape index (κ3) is 3.34. The molecular formula is C17H17ClN4O3S. The predicted molar refractivity (Wildman–Crippen MR) is 101 cm³/mol.